The van der Waals surface area contributed by atoms with E-state index in [4.69, 9.17) is 19.2 Å². The lowest BCUT2D eigenvalue weighted by Gasteiger charge is -2.27. The van der Waals surface area contributed by atoms with Gasteiger partial charge in [0.05, 0.1) is 14.2 Å². The molecule has 2 saturated heterocycles. The topological polar surface area (TPSA) is 99.2 Å². The van der Waals surface area contributed by atoms with Gasteiger partial charge >= 0.3 is 6.61 Å². The molecule has 0 unspecified atom stereocenters. The monoisotopic (exact) mass is 617 g/mol. The van der Waals surface area contributed by atoms with Crippen molar-refractivity contribution < 1.29 is 46.1 Å². The van der Waals surface area contributed by atoms with E-state index in [-0.39, 0.29) is 28.8 Å². The number of anilines is 1. The Morgan fingerprint density at radius 1 is 0.977 bits per heavy atom. The van der Waals surface area contributed by atoms with E-state index in [1.54, 1.807) is 19.1 Å². The fraction of sp³-hybridized carbons (Fsp3) is 0.387. The van der Waals surface area contributed by atoms with Gasteiger partial charge in [0.15, 0.2) is 0 Å². The highest BCUT2D eigenvalue weighted by Crippen LogP contribution is 2.42. The standard InChI is InChI=1S/C31H31F4N3O6/c1-16-26(27-22(32)12-20(41-2)13-23(27)33)28(37-29(39)18-4-6-19(7-5-18)44-31(34)35)30(40)38(16)25-15-21(42-3)14-24(36-25)17-8-10-43-11-9-17/h4-7,12-17,26,28,31H,8-11H2,1-3H3,(H,37,39)/t16-,26+,28+/m1/s1. The molecule has 0 aliphatic carbocycles. The molecule has 1 aromatic heterocycles. The summed E-state index contributed by atoms with van der Waals surface area (Å²) in [5.41, 5.74) is 0.286. The molecular formula is C31H31F4N3O6. The smallest absolute Gasteiger partial charge is 0.387 e. The van der Waals surface area contributed by atoms with Gasteiger partial charge < -0.3 is 24.3 Å². The number of hydrogen-bond donors (Lipinski definition) is 1. The zero-order chi connectivity index (χ0) is 31.5. The Kier molecular flexibility index (Phi) is 9.23. The van der Waals surface area contributed by atoms with E-state index in [0.717, 1.165) is 12.1 Å². The van der Waals surface area contributed by atoms with Crippen LogP contribution in [0, 0.1) is 11.6 Å². The quantitative estimate of drug-likeness (QED) is 0.330. The number of nitrogens with zero attached hydrogens (tertiary/aromatic N) is 2. The summed E-state index contributed by atoms with van der Waals surface area (Å²) in [6.45, 7) is -0.326. The molecule has 234 valence electrons. The number of hydrogen-bond acceptors (Lipinski definition) is 7. The molecule has 0 bridgehead atoms. The molecule has 3 heterocycles. The number of carbonyl (C=O) groups excluding carboxylic acids is 2. The third kappa shape index (κ3) is 6.28. The molecule has 2 fully saturated rings. The van der Waals surface area contributed by atoms with Gasteiger partial charge in [-0.15, -0.1) is 0 Å². The molecule has 0 radical (unpaired) electrons. The van der Waals surface area contributed by atoms with Crippen molar-refractivity contribution in [2.24, 2.45) is 0 Å². The van der Waals surface area contributed by atoms with E-state index in [9.17, 15) is 18.4 Å². The highest BCUT2D eigenvalue weighted by atomic mass is 19.3. The Hall–Kier alpha value is -4.39. The van der Waals surface area contributed by atoms with Crippen molar-refractivity contribution in [3.8, 4) is 17.2 Å². The third-order valence-corrected chi connectivity index (χ3v) is 7.97. The van der Waals surface area contributed by atoms with E-state index in [1.165, 1.54) is 43.4 Å². The van der Waals surface area contributed by atoms with Crippen molar-refractivity contribution >= 4 is 17.6 Å². The minimum absolute atomic E-state index is 0.0150. The first-order valence-corrected chi connectivity index (χ1v) is 14.0. The van der Waals surface area contributed by atoms with Crippen molar-refractivity contribution in [2.45, 2.75) is 50.3 Å². The Morgan fingerprint density at radius 3 is 2.18 bits per heavy atom. The number of benzene rings is 2. The number of carbonyl (C=O) groups is 2. The fourth-order valence-corrected chi connectivity index (χ4v) is 5.79. The molecule has 13 heteroatoms. The number of amides is 2. The van der Waals surface area contributed by atoms with Crippen LogP contribution in [0.3, 0.4) is 0 Å². The molecule has 2 aliphatic heterocycles. The van der Waals surface area contributed by atoms with Crippen LogP contribution in [0.5, 0.6) is 17.2 Å². The van der Waals surface area contributed by atoms with Crippen LogP contribution in [0.25, 0.3) is 0 Å². The average Bonchev–Trinajstić information content (AvgIpc) is 3.25. The highest BCUT2D eigenvalue weighted by molar-refractivity contribution is 6.05. The minimum Gasteiger partial charge on any atom is -0.497 e. The maximum atomic E-state index is 15.5. The van der Waals surface area contributed by atoms with Gasteiger partial charge in [0, 0.05) is 72.2 Å². The predicted octanol–water partition coefficient (Wildman–Crippen LogP) is 5.19. The van der Waals surface area contributed by atoms with Crippen molar-refractivity contribution in [2.75, 3.05) is 32.3 Å². The van der Waals surface area contributed by atoms with Gasteiger partial charge in [-0.1, -0.05) is 0 Å². The number of nitrogens with one attached hydrogen (secondary N) is 1. The molecular weight excluding hydrogens is 586 g/mol. The van der Waals surface area contributed by atoms with E-state index >= 15 is 8.78 Å². The van der Waals surface area contributed by atoms with E-state index in [1.807, 2.05) is 0 Å². The first-order chi connectivity index (χ1) is 21.1. The Labute approximate surface area is 251 Å². The number of ether oxygens (including phenoxy) is 4. The lowest BCUT2D eigenvalue weighted by Crippen LogP contribution is -2.44. The van der Waals surface area contributed by atoms with Crippen LogP contribution in [0.15, 0.2) is 48.5 Å². The zero-order valence-electron chi connectivity index (χ0n) is 24.2. The van der Waals surface area contributed by atoms with Crippen LogP contribution in [0.4, 0.5) is 23.4 Å². The second kappa shape index (κ2) is 13.1. The number of rotatable bonds is 9. The van der Waals surface area contributed by atoms with Crippen LogP contribution < -0.4 is 24.4 Å². The summed E-state index contributed by atoms with van der Waals surface area (Å²) >= 11 is 0. The zero-order valence-corrected chi connectivity index (χ0v) is 24.2. The van der Waals surface area contributed by atoms with Crippen LogP contribution in [0.1, 0.15) is 53.2 Å². The molecule has 2 amide bonds. The van der Waals surface area contributed by atoms with Gasteiger partial charge in [-0.2, -0.15) is 8.78 Å². The normalized spacial score (nSPS) is 20.6. The van der Waals surface area contributed by atoms with Gasteiger partial charge in [0.2, 0.25) is 0 Å². The van der Waals surface area contributed by atoms with E-state index < -0.39 is 53.6 Å². The summed E-state index contributed by atoms with van der Waals surface area (Å²) < 4.78 is 76.4. The molecule has 0 saturated carbocycles. The number of halogens is 4. The summed E-state index contributed by atoms with van der Waals surface area (Å²) in [6, 6.07) is 7.86. The molecule has 3 aromatic rings. The second-order valence-corrected chi connectivity index (χ2v) is 10.5. The average molecular weight is 618 g/mol. The van der Waals surface area contributed by atoms with Gasteiger partial charge in [-0.25, -0.2) is 13.8 Å². The Balaban J connectivity index is 1.54. The Morgan fingerprint density at radius 2 is 1.59 bits per heavy atom. The molecule has 5 rings (SSSR count). The summed E-state index contributed by atoms with van der Waals surface area (Å²) in [7, 11) is 2.75. The highest BCUT2D eigenvalue weighted by Gasteiger charge is 2.50. The predicted molar refractivity (Wildman–Crippen MR) is 151 cm³/mol. The largest absolute Gasteiger partial charge is 0.497 e. The van der Waals surface area contributed by atoms with Crippen molar-refractivity contribution in [3.05, 3.63) is 77.0 Å². The molecule has 3 atom stereocenters. The molecule has 0 spiro atoms. The fourth-order valence-electron chi connectivity index (χ4n) is 5.79. The number of aromatic nitrogens is 1. The van der Waals surface area contributed by atoms with Crippen molar-refractivity contribution in [1.82, 2.24) is 10.3 Å². The van der Waals surface area contributed by atoms with Crippen LogP contribution in [-0.2, 0) is 9.53 Å². The maximum Gasteiger partial charge on any atom is 0.387 e. The summed E-state index contributed by atoms with van der Waals surface area (Å²) in [5, 5.41) is 2.61. The van der Waals surface area contributed by atoms with E-state index in [2.05, 4.69) is 10.1 Å². The van der Waals surface area contributed by atoms with Crippen molar-refractivity contribution in [3.63, 3.8) is 0 Å². The maximum absolute atomic E-state index is 15.5. The first kappa shape index (κ1) is 31.0. The van der Waals surface area contributed by atoms with Crippen LogP contribution in [0.2, 0.25) is 0 Å². The van der Waals surface area contributed by atoms with Crippen LogP contribution in [-0.4, -0.2) is 62.9 Å². The number of pyridine rings is 1. The van der Waals surface area contributed by atoms with E-state index in [0.29, 0.717) is 37.5 Å². The third-order valence-electron chi connectivity index (χ3n) is 7.97. The van der Waals surface area contributed by atoms with Gasteiger partial charge in [0.25, 0.3) is 11.8 Å². The first-order valence-electron chi connectivity index (χ1n) is 14.0. The van der Waals surface area contributed by atoms with Crippen molar-refractivity contribution in [1.29, 1.82) is 0 Å². The molecule has 44 heavy (non-hydrogen) atoms. The number of methoxy groups -OCH3 is 2. The van der Waals surface area contributed by atoms with Crippen LogP contribution >= 0.6 is 0 Å². The molecule has 2 aliphatic rings. The van der Waals surface area contributed by atoms with Gasteiger partial charge in [-0.3, -0.25) is 14.5 Å². The number of alkyl halides is 2. The summed E-state index contributed by atoms with van der Waals surface area (Å²) in [4.78, 5) is 33.5. The molecule has 9 nitrogen and oxygen atoms in total. The van der Waals surface area contributed by atoms with Gasteiger partial charge in [0.1, 0.15) is 40.7 Å². The molecule has 1 N–H and O–H groups in total. The minimum atomic E-state index is -3.05. The lowest BCUT2D eigenvalue weighted by atomic mass is 9.87. The summed E-state index contributed by atoms with van der Waals surface area (Å²) in [5.74, 6) is -4.06. The van der Waals surface area contributed by atoms with Gasteiger partial charge in [-0.05, 0) is 44.0 Å². The SMILES string of the molecule is COc1cc(C2CCOCC2)nc(N2C(=O)[C@@H](NC(=O)c3ccc(OC(F)F)cc3)[C@H](c3c(F)cc(OC)cc3F)[C@H]2C)c1. The summed E-state index contributed by atoms with van der Waals surface area (Å²) in [6.07, 6.45) is 1.43. The second-order valence-electron chi connectivity index (χ2n) is 10.5. The lowest BCUT2D eigenvalue weighted by molar-refractivity contribution is -0.118. The Bertz CT molecular complexity index is 1490. The molecule has 2 aromatic carbocycles.